The lowest BCUT2D eigenvalue weighted by atomic mass is 10.0. The summed E-state index contributed by atoms with van der Waals surface area (Å²) in [5, 5.41) is 2.09. The van der Waals surface area contributed by atoms with E-state index in [1.165, 1.54) is 4.90 Å². The van der Waals surface area contributed by atoms with Gasteiger partial charge in [0.1, 0.15) is 5.75 Å². The molecule has 0 saturated heterocycles. The van der Waals surface area contributed by atoms with E-state index in [1.54, 1.807) is 14.2 Å². The molecule has 0 atom stereocenters. The van der Waals surface area contributed by atoms with Crippen LogP contribution in [0.15, 0.2) is 66.7 Å². The highest BCUT2D eigenvalue weighted by molar-refractivity contribution is 5.89. The summed E-state index contributed by atoms with van der Waals surface area (Å²) in [6.45, 7) is 0.0962. The number of hydrogen-bond acceptors (Lipinski definition) is 4. The highest BCUT2D eigenvalue weighted by Gasteiger charge is 2.15. The molecule has 28 heavy (non-hydrogen) atoms. The van der Waals surface area contributed by atoms with Crippen molar-refractivity contribution in [2.75, 3.05) is 20.8 Å². The average molecular weight is 377 g/mol. The molecule has 5 heteroatoms. The molecule has 0 aliphatic rings. The van der Waals surface area contributed by atoms with Gasteiger partial charge in [-0.3, -0.25) is 9.59 Å². The summed E-state index contributed by atoms with van der Waals surface area (Å²) >= 11 is 0. The van der Waals surface area contributed by atoms with E-state index in [1.807, 2.05) is 66.7 Å². The number of amides is 1. The molecule has 0 heterocycles. The van der Waals surface area contributed by atoms with Crippen LogP contribution in [0.3, 0.4) is 0 Å². The van der Waals surface area contributed by atoms with Gasteiger partial charge in [0.2, 0.25) is 0 Å². The van der Waals surface area contributed by atoms with E-state index in [2.05, 4.69) is 0 Å². The van der Waals surface area contributed by atoms with Crippen molar-refractivity contribution in [3.63, 3.8) is 0 Å². The largest absolute Gasteiger partial charge is 0.496 e. The van der Waals surface area contributed by atoms with Gasteiger partial charge in [-0.1, -0.05) is 60.7 Å². The Balaban J connectivity index is 1.55. The second-order valence-corrected chi connectivity index (χ2v) is 6.54. The van der Waals surface area contributed by atoms with Crippen molar-refractivity contribution >= 4 is 22.6 Å². The number of carbonyl (C=O) groups is 2. The van der Waals surface area contributed by atoms with Crippen molar-refractivity contribution in [2.45, 2.75) is 13.0 Å². The van der Waals surface area contributed by atoms with Gasteiger partial charge in [0.25, 0.3) is 5.91 Å². The number of benzene rings is 3. The van der Waals surface area contributed by atoms with E-state index in [0.29, 0.717) is 6.54 Å². The molecule has 0 spiro atoms. The number of rotatable bonds is 7. The van der Waals surface area contributed by atoms with Gasteiger partial charge in [-0.2, -0.15) is 0 Å². The van der Waals surface area contributed by atoms with E-state index in [4.69, 9.17) is 9.47 Å². The molecule has 0 radical (unpaired) electrons. The molecule has 0 aliphatic carbocycles. The summed E-state index contributed by atoms with van der Waals surface area (Å²) in [7, 11) is 3.27. The lowest BCUT2D eigenvalue weighted by Crippen LogP contribution is -2.31. The maximum atomic E-state index is 12.3. The Morgan fingerprint density at radius 3 is 2.39 bits per heavy atom. The second-order valence-electron chi connectivity index (χ2n) is 6.54. The molecule has 3 aromatic rings. The van der Waals surface area contributed by atoms with Gasteiger partial charge in [-0.15, -0.1) is 0 Å². The van der Waals surface area contributed by atoms with Crippen LogP contribution in [-0.2, 0) is 27.3 Å². The summed E-state index contributed by atoms with van der Waals surface area (Å²) < 4.78 is 10.5. The van der Waals surface area contributed by atoms with Gasteiger partial charge in [0.05, 0.1) is 13.5 Å². The maximum absolute atomic E-state index is 12.3. The fourth-order valence-corrected chi connectivity index (χ4v) is 3.08. The molecular formula is C23H23NO4. The predicted octanol–water partition coefficient (Wildman–Crippen LogP) is 3.59. The number of ether oxygens (including phenoxy) is 2. The van der Waals surface area contributed by atoms with E-state index in [0.717, 1.165) is 27.6 Å². The van der Waals surface area contributed by atoms with Crippen LogP contribution in [0.1, 0.15) is 11.1 Å². The molecule has 144 valence electrons. The van der Waals surface area contributed by atoms with Crippen LogP contribution >= 0.6 is 0 Å². The first-order valence-corrected chi connectivity index (χ1v) is 9.06. The Morgan fingerprint density at radius 2 is 1.57 bits per heavy atom. The Bertz CT molecular complexity index is 978. The predicted molar refractivity (Wildman–Crippen MR) is 108 cm³/mol. The Kier molecular flexibility index (Phi) is 6.27. The van der Waals surface area contributed by atoms with Crippen molar-refractivity contribution in [3.8, 4) is 5.75 Å². The highest BCUT2D eigenvalue weighted by atomic mass is 16.5. The SMILES string of the molecule is COc1ccccc1CN(C)C(=O)COC(=O)Cc1cccc2ccccc12. The van der Waals surface area contributed by atoms with Crippen molar-refractivity contribution in [2.24, 2.45) is 0 Å². The Hall–Kier alpha value is -3.34. The number of nitrogens with zero attached hydrogens (tertiary/aromatic N) is 1. The molecule has 1 amide bonds. The zero-order chi connectivity index (χ0) is 19.9. The van der Waals surface area contributed by atoms with Gasteiger partial charge in [0, 0.05) is 19.2 Å². The minimum absolute atomic E-state index is 0.130. The molecule has 3 rings (SSSR count). The van der Waals surface area contributed by atoms with Gasteiger partial charge in [-0.05, 0) is 22.4 Å². The number of esters is 1. The Morgan fingerprint density at radius 1 is 0.893 bits per heavy atom. The first-order valence-electron chi connectivity index (χ1n) is 9.06. The fraction of sp³-hybridized carbons (Fsp3) is 0.217. The number of carbonyl (C=O) groups excluding carboxylic acids is 2. The summed E-state index contributed by atoms with van der Waals surface area (Å²) in [4.78, 5) is 26.1. The van der Waals surface area contributed by atoms with Crippen molar-refractivity contribution in [1.29, 1.82) is 0 Å². The number of fused-ring (bicyclic) bond motifs is 1. The molecule has 3 aromatic carbocycles. The molecule has 0 unspecified atom stereocenters. The van der Waals surface area contributed by atoms with Crippen LogP contribution in [0.4, 0.5) is 0 Å². The van der Waals surface area contributed by atoms with Crippen molar-refractivity contribution in [1.82, 2.24) is 4.90 Å². The number of para-hydroxylation sites is 1. The van der Waals surface area contributed by atoms with E-state index >= 15 is 0 Å². The quantitative estimate of drug-likeness (QED) is 0.591. The molecule has 0 aromatic heterocycles. The molecule has 0 fully saturated rings. The van der Waals surface area contributed by atoms with E-state index < -0.39 is 5.97 Å². The topological polar surface area (TPSA) is 55.8 Å². The average Bonchev–Trinajstić information content (AvgIpc) is 2.72. The van der Waals surface area contributed by atoms with Crippen LogP contribution in [0, 0.1) is 0 Å². The number of hydrogen-bond donors (Lipinski definition) is 0. The first-order chi connectivity index (χ1) is 13.6. The standard InChI is InChI=1S/C23H23NO4/c1-24(15-19-9-4-6-13-21(19)27-2)22(25)16-28-23(26)14-18-11-7-10-17-8-3-5-12-20(17)18/h3-13H,14-16H2,1-2H3. The molecule has 0 N–H and O–H groups in total. The Labute approximate surface area is 164 Å². The molecule has 0 aliphatic heterocycles. The maximum Gasteiger partial charge on any atom is 0.310 e. The normalized spacial score (nSPS) is 10.5. The summed E-state index contributed by atoms with van der Waals surface area (Å²) in [5.41, 5.74) is 1.78. The van der Waals surface area contributed by atoms with Crippen molar-refractivity contribution in [3.05, 3.63) is 77.9 Å². The van der Waals surface area contributed by atoms with Gasteiger partial charge < -0.3 is 14.4 Å². The van der Waals surface area contributed by atoms with Crippen LogP contribution in [0.2, 0.25) is 0 Å². The fourth-order valence-electron chi connectivity index (χ4n) is 3.08. The summed E-state index contributed by atoms with van der Waals surface area (Å²) in [5.74, 6) is 0.0303. The highest BCUT2D eigenvalue weighted by Crippen LogP contribution is 2.20. The zero-order valence-electron chi connectivity index (χ0n) is 16.1. The third-order valence-electron chi connectivity index (χ3n) is 4.60. The van der Waals surface area contributed by atoms with Gasteiger partial charge in [0.15, 0.2) is 6.61 Å². The second kappa shape index (κ2) is 9.04. The lowest BCUT2D eigenvalue weighted by Gasteiger charge is -2.18. The minimum Gasteiger partial charge on any atom is -0.496 e. The number of likely N-dealkylation sites (N-methyl/N-ethyl adjacent to an activating group) is 1. The smallest absolute Gasteiger partial charge is 0.310 e. The van der Waals surface area contributed by atoms with E-state index in [9.17, 15) is 9.59 Å². The summed E-state index contributed by atoms with van der Waals surface area (Å²) in [6.07, 6.45) is 0.130. The first kappa shape index (κ1) is 19.4. The van der Waals surface area contributed by atoms with Crippen LogP contribution in [0.5, 0.6) is 5.75 Å². The molecule has 0 bridgehead atoms. The van der Waals surface area contributed by atoms with Gasteiger partial charge >= 0.3 is 5.97 Å². The van der Waals surface area contributed by atoms with Crippen molar-refractivity contribution < 1.29 is 19.1 Å². The minimum atomic E-state index is -0.421. The van der Waals surface area contributed by atoms with Crippen LogP contribution in [-0.4, -0.2) is 37.5 Å². The number of methoxy groups -OCH3 is 1. The zero-order valence-corrected chi connectivity index (χ0v) is 16.1. The monoisotopic (exact) mass is 377 g/mol. The molecular weight excluding hydrogens is 354 g/mol. The molecule has 5 nitrogen and oxygen atoms in total. The van der Waals surface area contributed by atoms with Crippen LogP contribution < -0.4 is 4.74 Å². The van der Waals surface area contributed by atoms with Crippen LogP contribution in [0.25, 0.3) is 10.8 Å². The summed E-state index contributed by atoms with van der Waals surface area (Å²) in [6, 6.07) is 21.2. The third kappa shape index (κ3) is 4.68. The van der Waals surface area contributed by atoms with Gasteiger partial charge in [-0.25, -0.2) is 0 Å². The van der Waals surface area contributed by atoms with E-state index in [-0.39, 0.29) is 18.9 Å². The lowest BCUT2D eigenvalue weighted by molar-refractivity contribution is -0.151. The third-order valence-corrected chi connectivity index (χ3v) is 4.60. The molecule has 0 saturated carbocycles.